The molecule has 0 aliphatic carbocycles. The number of piperidine rings is 1. The van der Waals surface area contributed by atoms with E-state index in [0.717, 1.165) is 6.04 Å². The van der Waals surface area contributed by atoms with Gasteiger partial charge in [0.1, 0.15) is 0 Å². The number of likely N-dealkylation sites (tertiary alicyclic amines) is 1. The minimum absolute atomic E-state index is 0.599. The average molecular weight is 198 g/mol. The van der Waals surface area contributed by atoms with Gasteiger partial charge in [-0.1, -0.05) is 13.3 Å². The Kier molecular flexibility index (Phi) is 4.90. The van der Waals surface area contributed by atoms with Crippen molar-refractivity contribution in [2.45, 2.75) is 64.6 Å². The van der Waals surface area contributed by atoms with Crippen molar-refractivity contribution in [1.82, 2.24) is 10.2 Å². The van der Waals surface area contributed by atoms with E-state index in [1.54, 1.807) is 0 Å². The van der Waals surface area contributed by atoms with Crippen molar-refractivity contribution in [2.24, 2.45) is 0 Å². The maximum atomic E-state index is 3.36. The molecule has 0 bridgehead atoms. The predicted octanol–water partition coefficient (Wildman–Crippen LogP) is 2.25. The molecule has 3 atom stereocenters. The first kappa shape index (κ1) is 12.0. The molecular formula is C12H26N2. The van der Waals surface area contributed by atoms with Gasteiger partial charge in [0.2, 0.25) is 0 Å². The standard InChI is InChI=1S/C12H26N2/c1-5-12-8-6-7-9-14(12)11(3)10(2)13-4/h10-13H,5-9H2,1-4H3. The summed E-state index contributed by atoms with van der Waals surface area (Å²) in [5.41, 5.74) is 0. The van der Waals surface area contributed by atoms with Crippen LogP contribution in [0.3, 0.4) is 0 Å². The molecule has 1 saturated heterocycles. The molecule has 84 valence electrons. The summed E-state index contributed by atoms with van der Waals surface area (Å²) in [5.74, 6) is 0. The van der Waals surface area contributed by atoms with Crippen molar-refractivity contribution >= 4 is 0 Å². The second-order valence-electron chi connectivity index (χ2n) is 4.61. The molecule has 1 fully saturated rings. The Bertz CT molecular complexity index is 158. The second-order valence-corrected chi connectivity index (χ2v) is 4.61. The van der Waals surface area contributed by atoms with Gasteiger partial charge in [-0.05, 0) is 46.7 Å². The van der Waals surface area contributed by atoms with E-state index in [1.165, 1.54) is 32.2 Å². The van der Waals surface area contributed by atoms with Crippen LogP contribution in [0.4, 0.5) is 0 Å². The zero-order valence-electron chi connectivity index (χ0n) is 10.2. The third kappa shape index (κ3) is 2.71. The fourth-order valence-corrected chi connectivity index (χ4v) is 2.53. The Balaban J connectivity index is 2.53. The number of nitrogens with one attached hydrogen (secondary N) is 1. The van der Waals surface area contributed by atoms with Gasteiger partial charge in [-0.3, -0.25) is 4.90 Å². The summed E-state index contributed by atoms with van der Waals surface area (Å²) in [6.07, 6.45) is 5.52. The van der Waals surface area contributed by atoms with E-state index in [4.69, 9.17) is 0 Å². The highest BCUT2D eigenvalue weighted by Crippen LogP contribution is 2.22. The summed E-state index contributed by atoms with van der Waals surface area (Å²) in [7, 11) is 2.06. The molecule has 1 aliphatic rings. The fourth-order valence-electron chi connectivity index (χ4n) is 2.53. The Labute approximate surface area is 89.1 Å². The number of rotatable bonds is 4. The van der Waals surface area contributed by atoms with Crippen LogP contribution in [0.1, 0.15) is 46.5 Å². The minimum atomic E-state index is 0.599. The van der Waals surface area contributed by atoms with Crippen molar-refractivity contribution < 1.29 is 0 Å². The maximum Gasteiger partial charge on any atom is 0.0221 e. The van der Waals surface area contributed by atoms with Gasteiger partial charge in [-0.2, -0.15) is 0 Å². The number of nitrogens with zero attached hydrogens (tertiary/aromatic N) is 1. The van der Waals surface area contributed by atoms with Crippen LogP contribution in [-0.4, -0.2) is 36.6 Å². The minimum Gasteiger partial charge on any atom is -0.316 e. The lowest BCUT2D eigenvalue weighted by molar-refractivity contribution is 0.0837. The number of hydrogen-bond acceptors (Lipinski definition) is 2. The van der Waals surface area contributed by atoms with E-state index in [2.05, 4.69) is 38.0 Å². The van der Waals surface area contributed by atoms with Gasteiger partial charge in [-0.25, -0.2) is 0 Å². The Hall–Kier alpha value is -0.0800. The number of likely N-dealkylation sites (N-methyl/N-ethyl adjacent to an activating group) is 1. The van der Waals surface area contributed by atoms with Crippen LogP contribution in [0.2, 0.25) is 0 Å². The molecule has 0 aromatic carbocycles. The summed E-state index contributed by atoms with van der Waals surface area (Å²) in [6, 6.07) is 2.10. The molecule has 0 radical (unpaired) electrons. The smallest absolute Gasteiger partial charge is 0.0221 e. The molecule has 0 spiro atoms. The second kappa shape index (κ2) is 5.72. The highest BCUT2D eigenvalue weighted by Gasteiger charge is 2.27. The molecule has 0 saturated carbocycles. The van der Waals surface area contributed by atoms with Crippen LogP contribution < -0.4 is 5.32 Å². The van der Waals surface area contributed by atoms with Gasteiger partial charge in [-0.15, -0.1) is 0 Å². The summed E-state index contributed by atoms with van der Waals surface area (Å²) < 4.78 is 0. The van der Waals surface area contributed by atoms with Crippen molar-refractivity contribution in [1.29, 1.82) is 0 Å². The Morgan fingerprint density at radius 1 is 1.36 bits per heavy atom. The predicted molar refractivity (Wildman–Crippen MR) is 62.6 cm³/mol. The van der Waals surface area contributed by atoms with Crippen molar-refractivity contribution in [2.75, 3.05) is 13.6 Å². The van der Waals surface area contributed by atoms with E-state index in [9.17, 15) is 0 Å². The number of hydrogen-bond donors (Lipinski definition) is 1. The molecule has 14 heavy (non-hydrogen) atoms. The van der Waals surface area contributed by atoms with Gasteiger partial charge in [0.15, 0.2) is 0 Å². The monoisotopic (exact) mass is 198 g/mol. The highest BCUT2D eigenvalue weighted by atomic mass is 15.2. The van der Waals surface area contributed by atoms with E-state index < -0.39 is 0 Å². The molecular weight excluding hydrogens is 172 g/mol. The van der Waals surface area contributed by atoms with Crippen LogP contribution >= 0.6 is 0 Å². The fraction of sp³-hybridized carbons (Fsp3) is 1.00. The molecule has 0 aromatic heterocycles. The molecule has 1 N–H and O–H groups in total. The van der Waals surface area contributed by atoms with Crippen molar-refractivity contribution in [3.63, 3.8) is 0 Å². The first-order valence-corrected chi connectivity index (χ1v) is 6.13. The average Bonchev–Trinajstić information content (AvgIpc) is 2.26. The lowest BCUT2D eigenvalue weighted by Crippen LogP contribution is -2.52. The third-order valence-corrected chi connectivity index (χ3v) is 3.85. The van der Waals surface area contributed by atoms with E-state index >= 15 is 0 Å². The molecule has 3 unspecified atom stereocenters. The van der Waals surface area contributed by atoms with Crippen molar-refractivity contribution in [3.05, 3.63) is 0 Å². The van der Waals surface area contributed by atoms with E-state index in [1.807, 2.05) is 0 Å². The molecule has 2 heteroatoms. The molecule has 0 aromatic rings. The van der Waals surface area contributed by atoms with Crippen molar-refractivity contribution in [3.8, 4) is 0 Å². The van der Waals surface area contributed by atoms with Gasteiger partial charge in [0.05, 0.1) is 0 Å². The van der Waals surface area contributed by atoms with Crippen LogP contribution in [-0.2, 0) is 0 Å². The van der Waals surface area contributed by atoms with Crippen LogP contribution in [0.5, 0.6) is 0 Å². The summed E-state index contributed by atoms with van der Waals surface area (Å²) in [5, 5.41) is 3.36. The lowest BCUT2D eigenvalue weighted by Gasteiger charge is -2.41. The van der Waals surface area contributed by atoms with Gasteiger partial charge >= 0.3 is 0 Å². The van der Waals surface area contributed by atoms with Gasteiger partial charge < -0.3 is 5.32 Å². The third-order valence-electron chi connectivity index (χ3n) is 3.85. The van der Waals surface area contributed by atoms with E-state index in [0.29, 0.717) is 12.1 Å². The van der Waals surface area contributed by atoms with E-state index in [-0.39, 0.29) is 0 Å². The highest BCUT2D eigenvalue weighted by molar-refractivity contribution is 4.84. The Morgan fingerprint density at radius 2 is 2.07 bits per heavy atom. The van der Waals surface area contributed by atoms with Gasteiger partial charge in [0, 0.05) is 18.1 Å². The maximum absolute atomic E-state index is 3.36. The molecule has 1 heterocycles. The molecule has 1 aliphatic heterocycles. The first-order valence-electron chi connectivity index (χ1n) is 6.13. The largest absolute Gasteiger partial charge is 0.316 e. The molecule has 0 amide bonds. The van der Waals surface area contributed by atoms with Crippen LogP contribution in [0, 0.1) is 0 Å². The SMILES string of the molecule is CCC1CCCCN1C(C)C(C)NC. The first-order chi connectivity index (χ1) is 6.70. The summed E-state index contributed by atoms with van der Waals surface area (Å²) in [6.45, 7) is 8.26. The van der Waals surface area contributed by atoms with Crippen LogP contribution in [0.15, 0.2) is 0 Å². The topological polar surface area (TPSA) is 15.3 Å². The zero-order chi connectivity index (χ0) is 10.6. The molecule has 1 rings (SSSR count). The normalized spacial score (nSPS) is 28.7. The quantitative estimate of drug-likeness (QED) is 0.745. The Morgan fingerprint density at radius 3 is 2.64 bits per heavy atom. The zero-order valence-corrected chi connectivity index (χ0v) is 10.2. The summed E-state index contributed by atoms with van der Waals surface area (Å²) in [4.78, 5) is 2.70. The lowest BCUT2D eigenvalue weighted by atomic mass is 9.96. The van der Waals surface area contributed by atoms with Crippen LogP contribution in [0.25, 0.3) is 0 Å². The van der Waals surface area contributed by atoms with Gasteiger partial charge in [0.25, 0.3) is 0 Å². The summed E-state index contributed by atoms with van der Waals surface area (Å²) >= 11 is 0. The molecule has 2 nitrogen and oxygen atoms in total.